The van der Waals surface area contributed by atoms with Crippen LogP contribution in [0.1, 0.15) is 39.1 Å². The van der Waals surface area contributed by atoms with Crippen molar-refractivity contribution >= 4 is 9.84 Å². The zero-order chi connectivity index (χ0) is 14.5. The van der Waals surface area contributed by atoms with Crippen molar-refractivity contribution in [1.82, 2.24) is 25.5 Å². The summed E-state index contributed by atoms with van der Waals surface area (Å²) in [6.07, 6.45) is 1.76. The summed E-state index contributed by atoms with van der Waals surface area (Å²) in [7, 11) is -2.93. The van der Waals surface area contributed by atoms with E-state index >= 15 is 0 Å². The summed E-state index contributed by atoms with van der Waals surface area (Å²) in [5, 5.41) is 14.9. The first kappa shape index (κ1) is 16.0. The van der Waals surface area contributed by atoms with E-state index in [1.54, 1.807) is 4.68 Å². The van der Waals surface area contributed by atoms with Crippen LogP contribution >= 0.6 is 0 Å². The summed E-state index contributed by atoms with van der Waals surface area (Å²) >= 11 is 0. The minimum Gasteiger partial charge on any atom is -0.307 e. The molecule has 1 aromatic heterocycles. The Balaban J connectivity index is 2.54. The topological polar surface area (TPSA) is 89.8 Å². The van der Waals surface area contributed by atoms with Crippen LogP contribution in [0.25, 0.3) is 0 Å². The van der Waals surface area contributed by atoms with Gasteiger partial charge in [-0.1, -0.05) is 13.8 Å². The zero-order valence-corrected chi connectivity index (χ0v) is 12.8. The van der Waals surface area contributed by atoms with E-state index in [1.165, 1.54) is 6.26 Å². The molecule has 1 N–H and O–H groups in total. The molecule has 0 saturated heterocycles. The molecular weight excluding hydrogens is 266 g/mol. The van der Waals surface area contributed by atoms with Crippen molar-refractivity contribution in [2.24, 2.45) is 5.92 Å². The molecule has 1 unspecified atom stereocenters. The molecule has 1 aromatic rings. The smallest absolute Gasteiger partial charge is 0.167 e. The van der Waals surface area contributed by atoms with Crippen molar-refractivity contribution in [2.75, 3.05) is 18.6 Å². The minimum absolute atomic E-state index is 0.0515. The maximum Gasteiger partial charge on any atom is 0.167 e. The average molecular weight is 289 g/mol. The summed E-state index contributed by atoms with van der Waals surface area (Å²) in [6.45, 7) is 7.67. The highest BCUT2D eigenvalue weighted by Gasteiger charge is 2.14. The van der Waals surface area contributed by atoms with Crippen molar-refractivity contribution in [1.29, 1.82) is 0 Å². The van der Waals surface area contributed by atoms with Crippen LogP contribution in [0.5, 0.6) is 0 Å². The molecule has 0 aliphatic rings. The van der Waals surface area contributed by atoms with Crippen LogP contribution in [0, 0.1) is 5.92 Å². The highest BCUT2D eigenvalue weighted by molar-refractivity contribution is 7.90. The molecule has 0 saturated carbocycles. The third-order valence-corrected chi connectivity index (χ3v) is 3.69. The lowest BCUT2D eigenvalue weighted by Crippen LogP contribution is -2.26. The van der Waals surface area contributed by atoms with Gasteiger partial charge in [-0.15, -0.1) is 5.10 Å². The van der Waals surface area contributed by atoms with Gasteiger partial charge >= 0.3 is 0 Å². The summed E-state index contributed by atoms with van der Waals surface area (Å²) in [5.41, 5.74) is 0. The molecule has 0 spiro atoms. The predicted octanol–water partition coefficient (Wildman–Crippen LogP) is 0.414. The van der Waals surface area contributed by atoms with Gasteiger partial charge in [-0.2, -0.15) is 0 Å². The van der Waals surface area contributed by atoms with Gasteiger partial charge in [0.15, 0.2) is 5.82 Å². The molecule has 0 aliphatic carbocycles. The quantitative estimate of drug-likeness (QED) is 0.745. The number of aromatic nitrogens is 4. The van der Waals surface area contributed by atoms with Gasteiger partial charge in [-0.25, -0.2) is 13.1 Å². The highest BCUT2D eigenvalue weighted by Crippen LogP contribution is 2.08. The Morgan fingerprint density at radius 2 is 2.00 bits per heavy atom. The average Bonchev–Trinajstić information content (AvgIpc) is 2.72. The molecule has 0 aromatic carbocycles. The fraction of sp³-hybridized carbons (Fsp3) is 0.909. The fourth-order valence-corrected chi connectivity index (χ4v) is 2.31. The summed E-state index contributed by atoms with van der Waals surface area (Å²) in [5.74, 6) is 1.45. The van der Waals surface area contributed by atoms with Gasteiger partial charge in [-0.3, -0.25) is 0 Å². The van der Waals surface area contributed by atoms with Gasteiger partial charge in [0.25, 0.3) is 0 Å². The van der Waals surface area contributed by atoms with Crippen LogP contribution in [-0.2, 0) is 16.4 Å². The molecule has 1 heterocycles. The molecule has 0 fully saturated rings. The molecule has 19 heavy (non-hydrogen) atoms. The highest BCUT2D eigenvalue weighted by atomic mass is 32.2. The van der Waals surface area contributed by atoms with Crippen molar-refractivity contribution in [3.05, 3.63) is 5.82 Å². The normalized spacial score (nSPS) is 13.9. The number of hydrogen-bond donors (Lipinski definition) is 1. The lowest BCUT2D eigenvalue weighted by Gasteiger charge is -2.14. The molecule has 0 radical (unpaired) electrons. The largest absolute Gasteiger partial charge is 0.307 e. The van der Waals surface area contributed by atoms with Crippen molar-refractivity contribution < 1.29 is 8.42 Å². The van der Waals surface area contributed by atoms with Gasteiger partial charge in [-0.05, 0) is 36.2 Å². The van der Waals surface area contributed by atoms with Gasteiger partial charge in [0, 0.05) is 12.8 Å². The van der Waals surface area contributed by atoms with Gasteiger partial charge in [0.05, 0.1) is 11.8 Å². The van der Waals surface area contributed by atoms with Crippen molar-refractivity contribution in [3.8, 4) is 0 Å². The molecule has 1 rings (SSSR count). The Morgan fingerprint density at radius 3 is 2.58 bits per heavy atom. The van der Waals surface area contributed by atoms with Crippen LogP contribution in [-0.4, -0.2) is 47.2 Å². The molecule has 0 bridgehead atoms. The van der Waals surface area contributed by atoms with Gasteiger partial charge in [0.2, 0.25) is 0 Å². The molecule has 110 valence electrons. The predicted molar refractivity (Wildman–Crippen MR) is 73.4 cm³/mol. The van der Waals surface area contributed by atoms with E-state index in [0.717, 1.165) is 12.4 Å². The summed E-state index contributed by atoms with van der Waals surface area (Å²) in [6, 6.07) is 0.0515. The number of hydrogen-bond acceptors (Lipinski definition) is 6. The van der Waals surface area contributed by atoms with E-state index in [2.05, 4.69) is 34.7 Å². The second-order valence-electron chi connectivity index (χ2n) is 5.27. The maximum atomic E-state index is 11.1. The number of aryl methyl sites for hydroxylation is 1. The Bertz CT molecular complexity index is 483. The lowest BCUT2D eigenvalue weighted by molar-refractivity contribution is 0.451. The van der Waals surface area contributed by atoms with Crippen molar-refractivity contribution in [2.45, 2.75) is 39.8 Å². The van der Waals surface area contributed by atoms with E-state index in [-0.39, 0.29) is 11.8 Å². The van der Waals surface area contributed by atoms with E-state index in [0.29, 0.717) is 18.9 Å². The Hall–Kier alpha value is -1.02. The Kier molecular flexibility index (Phi) is 5.86. The minimum atomic E-state index is -2.93. The number of nitrogens with one attached hydrogen (secondary N) is 1. The first-order valence-corrected chi connectivity index (χ1v) is 8.53. The number of rotatable bonds is 8. The van der Waals surface area contributed by atoms with E-state index in [4.69, 9.17) is 0 Å². The molecule has 1 atom stereocenters. The van der Waals surface area contributed by atoms with E-state index in [1.807, 2.05) is 6.92 Å². The first-order chi connectivity index (χ1) is 8.79. The lowest BCUT2D eigenvalue weighted by atomic mass is 10.2. The third-order valence-electron chi connectivity index (χ3n) is 2.66. The Labute approximate surface area is 114 Å². The second kappa shape index (κ2) is 6.95. The van der Waals surface area contributed by atoms with Gasteiger partial charge < -0.3 is 5.32 Å². The summed E-state index contributed by atoms with van der Waals surface area (Å²) in [4.78, 5) is 0. The monoisotopic (exact) mass is 289 g/mol. The van der Waals surface area contributed by atoms with Crippen LogP contribution in [0.3, 0.4) is 0 Å². The van der Waals surface area contributed by atoms with Crippen LogP contribution in [0.15, 0.2) is 0 Å². The molecule has 0 amide bonds. The van der Waals surface area contributed by atoms with Crippen molar-refractivity contribution in [3.63, 3.8) is 0 Å². The zero-order valence-electron chi connectivity index (χ0n) is 12.0. The van der Waals surface area contributed by atoms with Gasteiger partial charge in [0.1, 0.15) is 9.84 Å². The maximum absolute atomic E-state index is 11.1. The molecular formula is C11H23N5O2S. The summed E-state index contributed by atoms with van der Waals surface area (Å²) < 4.78 is 23.8. The number of tetrazole rings is 1. The third kappa shape index (κ3) is 6.11. The molecule has 0 aliphatic heterocycles. The van der Waals surface area contributed by atoms with Crippen LogP contribution in [0.2, 0.25) is 0 Å². The second-order valence-corrected chi connectivity index (χ2v) is 7.53. The molecule has 8 heteroatoms. The van der Waals surface area contributed by atoms with Crippen LogP contribution < -0.4 is 5.32 Å². The van der Waals surface area contributed by atoms with Crippen LogP contribution in [0.4, 0.5) is 0 Å². The first-order valence-electron chi connectivity index (χ1n) is 6.46. The molecule has 7 nitrogen and oxygen atoms in total. The fourth-order valence-electron chi connectivity index (χ4n) is 1.66. The number of sulfone groups is 1. The Morgan fingerprint density at radius 1 is 1.32 bits per heavy atom. The van der Waals surface area contributed by atoms with E-state index < -0.39 is 9.84 Å². The number of nitrogens with zero attached hydrogens (tertiary/aromatic N) is 4. The van der Waals surface area contributed by atoms with E-state index in [9.17, 15) is 8.42 Å². The standard InChI is InChI=1S/C11H23N5O2S/c1-9(2)8-12-10(3)11-13-14-15-16(11)6-5-7-19(4,17)18/h9-10,12H,5-8H2,1-4H3. The SMILES string of the molecule is CC(C)CNC(C)c1nnnn1CCCS(C)(=O)=O.